The molecule has 2 N–H and O–H groups in total. The lowest BCUT2D eigenvalue weighted by molar-refractivity contribution is -0.127. The van der Waals surface area contributed by atoms with Crippen LogP contribution in [0.1, 0.15) is 52.9 Å². The normalized spacial score (nSPS) is 25.8. The Bertz CT molecular complexity index is 236. The van der Waals surface area contributed by atoms with E-state index in [4.69, 9.17) is 0 Å². The summed E-state index contributed by atoms with van der Waals surface area (Å²) >= 11 is 0. The minimum atomic E-state index is -0.725. The summed E-state index contributed by atoms with van der Waals surface area (Å²) in [6.45, 7) is 6.44. The van der Waals surface area contributed by atoms with Crippen molar-refractivity contribution in [1.82, 2.24) is 5.32 Å². The Labute approximate surface area is 98.6 Å². The molecule has 1 saturated carbocycles. The van der Waals surface area contributed by atoms with Crippen molar-refractivity contribution in [1.29, 1.82) is 0 Å². The van der Waals surface area contributed by atoms with Gasteiger partial charge in [0.1, 0.15) is 0 Å². The van der Waals surface area contributed by atoms with Crippen molar-refractivity contribution in [3.63, 3.8) is 0 Å². The first-order valence-electron chi connectivity index (χ1n) is 6.52. The van der Waals surface area contributed by atoms with Gasteiger partial charge in [-0.1, -0.05) is 27.2 Å². The molecule has 3 heteroatoms. The minimum Gasteiger partial charge on any atom is -0.388 e. The van der Waals surface area contributed by atoms with E-state index in [-0.39, 0.29) is 11.8 Å². The number of carbonyl (C=O) groups is 1. The highest BCUT2D eigenvalue weighted by molar-refractivity contribution is 5.79. The van der Waals surface area contributed by atoms with Crippen LogP contribution >= 0.6 is 0 Å². The lowest BCUT2D eigenvalue weighted by Crippen LogP contribution is -2.44. The van der Waals surface area contributed by atoms with Crippen molar-refractivity contribution in [2.75, 3.05) is 6.54 Å². The summed E-state index contributed by atoms with van der Waals surface area (Å²) in [4.78, 5) is 11.9. The Morgan fingerprint density at radius 3 is 2.44 bits per heavy atom. The van der Waals surface area contributed by atoms with Gasteiger partial charge in [0, 0.05) is 12.5 Å². The molecule has 2 atom stereocenters. The lowest BCUT2D eigenvalue weighted by atomic mass is 9.95. The summed E-state index contributed by atoms with van der Waals surface area (Å²) in [6, 6.07) is 0. The number of nitrogens with one attached hydrogen (secondary N) is 1. The van der Waals surface area contributed by atoms with Crippen molar-refractivity contribution in [2.24, 2.45) is 11.8 Å². The third-order valence-electron chi connectivity index (χ3n) is 4.11. The molecule has 16 heavy (non-hydrogen) atoms. The summed E-state index contributed by atoms with van der Waals surface area (Å²) < 4.78 is 0. The maximum Gasteiger partial charge on any atom is 0.223 e. The largest absolute Gasteiger partial charge is 0.388 e. The Hall–Kier alpha value is -0.570. The fourth-order valence-corrected chi connectivity index (χ4v) is 2.42. The van der Waals surface area contributed by atoms with Crippen LogP contribution in [-0.4, -0.2) is 23.2 Å². The zero-order valence-electron chi connectivity index (χ0n) is 10.8. The Balaban J connectivity index is 2.40. The van der Waals surface area contributed by atoms with E-state index in [0.717, 1.165) is 19.3 Å². The molecule has 1 rings (SSSR count). The number of amides is 1. The van der Waals surface area contributed by atoms with Gasteiger partial charge < -0.3 is 10.4 Å². The van der Waals surface area contributed by atoms with E-state index in [1.54, 1.807) is 0 Å². The summed E-state index contributed by atoms with van der Waals surface area (Å²) in [6.07, 6.45) is 4.69. The highest BCUT2D eigenvalue weighted by Crippen LogP contribution is 2.31. The van der Waals surface area contributed by atoms with Crippen molar-refractivity contribution < 1.29 is 9.90 Å². The molecule has 2 unspecified atom stereocenters. The molecule has 0 heterocycles. The van der Waals surface area contributed by atoms with E-state index < -0.39 is 5.60 Å². The van der Waals surface area contributed by atoms with Crippen LogP contribution in [0.3, 0.4) is 0 Å². The quantitative estimate of drug-likeness (QED) is 0.755. The van der Waals surface area contributed by atoms with Gasteiger partial charge in [0.2, 0.25) is 5.91 Å². The van der Waals surface area contributed by atoms with Crippen LogP contribution < -0.4 is 5.32 Å². The SMILES string of the molecule is CCC(O)(CC)CNC(=O)C1CCCC1C. The van der Waals surface area contributed by atoms with Crippen LogP contribution in [0.2, 0.25) is 0 Å². The second-order valence-electron chi connectivity index (χ2n) is 5.16. The van der Waals surface area contributed by atoms with Crippen molar-refractivity contribution in [3.05, 3.63) is 0 Å². The Morgan fingerprint density at radius 1 is 1.38 bits per heavy atom. The van der Waals surface area contributed by atoms with Crippen LogP contribution in [0.25, 0.3) is 0 Å². The predicted octanol–water partition coefficient (Wildman–Crippen LogP) is 2.09. The fourth-order valence-electron chi connectivity index (χ4n) is 2.42. The van der Waals surface area contributed by atoms with Crippen molar-refractivity contribution >= 4 is 5.91 Å². The predicted molar refractivity (Wildman–Crippen MR) is 65.0 cm³/mol. The number of hydrogen-bond donors (Lipinski definition) is 2. The number of aliphatic hydroxyl groups is 1. The van der Waals surface area contributed by atoms with Crippen LogP contribution in [0.5, 0.6) is 0 Å². The molecule has 0 aromatic carbocycles. The molecule has 0 aromatic rings. The van der Waals surface area contributed by atoms with Gasteiger partial charge in [0.05, 0.1) is 5.60 Å². The number of hydrogen-bond acceptors (Lipinski definition) is 2. The number of carbonyl (C=O) groups excluding carboxylic acids is 1. The van der Waals surface area contributed by atoms with Crippen LogP contribution in [-0.2, 0) is 4.79 Å². The Kier molecular flexibility index (Phi) is 4.78. The topological polar surface area (TPSA) is 49.3 Å². The molecule has 0 radical (unpaired) electrons. The van der Waals surface area contributed by atoms with E-state index in [2.05, 4.69) is 12.2 Å². The molecule has 0 bridgehead atoms. The van der Waals surface area contributed by atoms with E-state index in [1.807, 2.05) is 13.8 Å². The van der Waals surface area contributed by atoms with Gasteiger partial charge in [-0.2, -0.15) is 0 Å². The second kappa shape index (κ2) is 5.67. The zero-order chi connectivity index (χ0) is 12.2. The average molecular weight is 227 g/mol. The molecule has 3 nitrogen and oxygen atoms in total. The molecule has 0 saturated heterocycles. The summed E-state index contributed by atoms with van der Waals surface area (Å²) in [5.41, 5.74) is -0.725. The first-order chi connectivity index (χ1) is 7.52. The molecular weight excluding hydrogens is 202 g/mol. The van der Waals surface area contributed by atoms with Crippen LogP contribution in [0.15, 0.2) is 0 Å². The van der Waals surface area contributed by atoms with E-state index in [0.29, 0.717) is 25.3 Å². The third-order valence-corrected chi connectivity index (χ3v) is 4.11. The van der Waals surface area contributed by atoms with E-state index in [9.17, 15) is 9.90 Å². The second-order valence-corrected chi connectivity index (χ2v) is 5.16. The van der Waals surface area contributed by atoms with Gasteiger partial charge in [-0.15, -0.1) is 0 Å². The molecule has 1 aliphatic carbocycles. The van der Waals surface area contributed by atoms with Crippen LogP contribution in [0.4, 0.5) is 0 Å². The molecule has 0 aliphatic heterocycles. The molecule has 1 aliphatic rings. The van der Waals surface area contributed by atoms with Gasteiger partial charge in [-0.05, 0) is 31.6 Å². The minimum absolute atomic E-state index is 0.130. The molecule has 94 valence electrons. The standard InChI is InChI=1S/C13H25NO2/c1-4-13(16,5-2)9-14-12(15)11-8-6-7-10(11)3/h10-11,16H,4-9H2,1-3H3,(H,14,15). The summed E-state index contributed by atoms with van der Waals surface area (Å²) in [7, 11) is 0. The van der Waals surface area contributed by atoms with Gasteiger partial charge >= 0.3 is 0 Å². The molecule has 1 fully saturated rings. The van der Waals surface area contributed by atoms with Gasteiger partial charge in [-0.25, -0.2) is 0 Å². The Morgan fingerprint density at radius 2 is 2.00 bits per heavy atom. The molecule has 0 spiro atoms. The first kappa shape index (κ1) is 13.5. The third kappa shape index (κ3) is 3.21. The maximum atomic E-state index is 11.9. The molecular formula is C13H25NO2. The van der Waals surface area contributed by atoms with Gasteiger partial charge in [0.15, 0.2) is 0 Å². The monoisotopic (exact) mass is 227 g/mol. The summed E-state index contributed by atoms with van der Waals surface area (Å²) in [5, 5.41) is 13.0. The zero-order valence-corrected chi connectivity index (χ0v) is 10.8. The van der Waals surface area contributed by atoms with Crippen molar-refractivity contribution in [3.8, 4) is 0 Å². The maximum absolute atomic E-state index is 11.9. The smallest absolute Gasteiger partial charge is 0.223 e. The highest BCUT2D eigenvalue weighted by atomic mass is 16.3. The molecule has 1 amide bonds. The van der Waals surface area contributed by atoms with E-state index >= 15 is 0 Å². The summed E-state index contributed by atoms with van der Waals surface area (Å²) in [5.74, 6) is 0.791. The lowest BCUT2D eigenvalue weighted by Gasteiger charge is -2.26. The van der Waals surface area contributed by atoms with Crippen LogP contribution in [0, 0.1) is 11.8 Å². The highest BCUT2D eigenvalue weighted by Gasteiger charge is 2.31. The van der Waals surface area contributed by atoms with E-state index in [1.165, 1.54) is 0 Å². The number of rotatable bonds is 5. The fraction of sp³-hybridized carbons (Fsp3) is 0.923. The average Bonchev–Trinajstić information content (AvgIpc) is 2.72. The molecule has 0 aromatic heterocycles. The van der Waals surface area contributed by atoms with Gasteiger partial charge in [-0.3, -0.25) is 4.79 Å². The first-order valence-corrected chi connectivity index (χ1v) is 6.52. The van der Waals surface area contributed by atoms with Gasteiger partial charge in [0.25, 0.3) is 0 Å². The van der Waals surface area contributed by atoms with Crippen molar-refractivity contribution in [2.45, 2.75) is 58.5 Å².